The van der Waals surface area contributed by atoms with Crippen molar-refractivity contribution in [1.29, 1.82) is 0 Å². The molecule has 0 spiro atoms. The lowest BCUT2D eigenvalue weighted by Gasteiger charge is -2.13. The molecular weight excluding hydrogens is 549 g/mol. The highest BCUT2D eigenvalue weighted by molar-refractivity contribution is 14.0. The molecule has 0 bridgehead atoms. The van der Waals surface area contributed by atoms with Crippen molar-refractivity contribution in [3.05, 3.63) is 47.5 Å². The maximum absolute atomic E-state index is 12.8. The number of hydrogen-bond acceptors (Lipinski definition) is 5. The van der Waals surface area contributed by atoms with Crippen LogP contribution in [0.2, 0.25) is 0 Å². The Morgan fingerprint density at radius 2 is 1.85 bits per heavy atom. The third-order valence-corrected chi connectivity index (χ3v) is 4.50. The van der Waals surface area contributed by atoms with E-state index >= 15 is 0 Å². The van der Waals surface area contributed by atoms with Gasteiger partial charge in [0.15, 0.2) is 17.5 Å². The van der Waals surface area contributed by atoms with Gasteiger partial charge in [-0.05, 0) is 37.1 Å². The summed E-state index contributed by atoms with van der Waals surface area (Å²) < 4.78 is 40.8. The average molecular weight is 576 g/mol. The molecule has 1 aliphatic heterocycles. The molecule has 3 N–H and O–H groups in total. The second-order valence-electron chi connectivity index (χ2n) is 6.94. The van der Waals surface area contributed by atoms with Gasteiger partial charge in [0.25, 0.3) is 0 Å². The number of nitrogens with zero attached hydrogens (tertiary/aromatic N) is 1. The van der Waals surface area contributed by atoms with Crippen molar-refractivity contribution in [2.75, 3.05) is 25.2 Å². The molecule has 8 nitrogen and oxygen atoms in total. The molecule has 0 aliphatic carbocycles. The molecule has 0 fully saturated rings. The van der Waals surface area contributed by atoms with Gasteiger partial charge in [-0.25, -0.2) is 4.99 Å². The predicted molar refractivity (Wildman–Crippen MR) is 132 cm³/mol. The molecule has 2 aromatic rings. The van der Waals surface area contributed by atoms with E-state index < -0.39 is 6.61 Å². The van der Waals surface area contributed by atoms with Gasteiger partial charge in [-0.15, -0.1) is 24.0 Å². The molecule has 2 aromatic carbocycles. The quantitative estimate of drug-likeness (QED) is 0.239. The van der Waals surface area contributed by atoms with Crippen molar-refractivity contribution in [1.82, 2.24) is 10.6 Å². The molecule has 3 rings (SSSR count). The van der Waals surface area contributed by atoms with Gasteiger partial charge in [-0.1, -0.05) is 12.1 Å². The Balaban J connectivity index is 0.00000385. The van der Waals surface area contributed by atoms with E-state index in [1.54, 1.807) is 6.07 Å². The number of halogens is 3. The molecule has 1 aliphatic rings. The van der Waals surface area contributed by atoms with E-state index in [-0.39, 0.29) is 49.0 Å². The third-order valence-electron chi connectivity index (χ3n) is 4.50. The minimum absolute atomic E-state index is 0. The Morgan fingerprint density at radius 1 is 1.15 bits per heavy atom. The molecule has 33 heavy (non-hydrogen) atoms. The van der Waals surface area contributed by atoms with Gasteiger partial charge in [-0.2, -0.15) is 8.78 Å². The van der Waals surface area contributed by atoms with Crippen LogP contribution < -0.4 is 30.2 Å². The van der Waals surface area contributed by atoms with Crippen LogP contribution in [0, 0.1) is 0 Å². The first-order valence-electron chi connectivity index (χ1n) is 10.2. The van der Waals surface area contributed by atoms with E-state index in [4.69, 9.17) is 9.47 Å². The van der Waals surface area contributed by atoms with Crippen LogP contribution in [-0.4, -0.2) is 38.4 Å². The van der Waals surface area contributed by atoms with E-state index in [1.165, 1.54) is 13.0 Å². The van der Waals surface area contributed by atoms with Crippen molar-refractivity contribution >= 4 is 41.5 Å². The minimum Gasteiger partial charge on any atom is -0.454 e. The number of hydrogen-bond donors (Lipinski definition) is 3. The number of ether oxygens (including phenoxy) is 3. The maximum Gasteiger partial charge on any atom is 0.387 e. The summed E-state index contributed by atoms with van der Waals surface area (Å²) in [6.07, 6.45) is 0.731. The zero-order valence-corrected chi connectivity index (χ0v) is 20.7. The SMILES string of the molecule is CCNC(=NCc1cc2c(cc1OC(F)F)OCO2)NCCc1ccc(NC(C)=O)cc1.I. The number of aliphatic imine (C=N–C) groups is 1. The van der Waals surface area contributed by atoms with E-state index in [0.717, 1.165) is 17.7 Å². The van der Waals surface area contributed by atoms with Crippen molar-refractivity contribution < 1.29 is 27.8 Å². The fraction of sp³-hybridized carbons (Fsp3) is 0.364. The number of fused-ring (bicyclic) bond motifs is 1. The van der Waals surface area contributed by atoms with Crippen molar-refractivity contribution in [3.8, 4) is 17.2 Å². The third kappa shape index (κ3) is 8.22. The standard InChI is InChI=1S/C22H26F2N4O4.HI/c1-3-25-22(26-9-8-15-4-6-17(7-5-15)28-14(2)29)27-12-16-10-19-20(31-13-30-19)11-18(16)32-21(23)24;/h4-7,10-11,21H,3,8-9,12-13H2,1-2H3,(H,28,29)(H2,25,26,27);1H. The van der Waals surface area contributed by atoms with Gasteiger partial charge >= 0.3 is 6.61 Å². The largest absolute Gasteiger partial charge is 0.454 e. The molecule has 11 heteroatoms. The lowest BCUT2D eigenvalue weighted by atomic mass is 10.1. The molecule has 1 heterocycles. The highest BCUT2D eigenvalue weighted by atomic mass is 127. The highest BCUT2D eigenvalue weighted by Gasteiger charge is 2.20. The smallest absolute Gasteiger partial charge is 0.387 e. The number of guanidine groups is 1. The minimum atomic E-state index is -2.96. The number of nitrogens with one attached hydrogen (secondary N) is 3. The Hall–Kier alpha value is -2.83. The van der Waals surface area contributed by atoms with Crippen LogP contribution in [0.25, 0.3) is 0 Å². The molecule has 0 saturated heterocycles. The van der Waals surface area contributed by atoms with Gasteiger partial charge < -0.3 is 30.2 Å². The van der Waals surface area contributed by atoms with Crippen molar-refractivity contribution in [2.24, 2.45) is 4.99 Å². The fourth-order valence-electron chi connectivity index (χ4n) is 3.08. The van der Waals surface area contributed by atoms with Crippen LogP contribution in [0.5, 0.6) is 17.2 Å². The van der Waals surface area contributed by atoms with Gasteiger partial charge in [0, 0.05) is 37.3 Å². The first-order chi connectivity index (χ1) is 15.4. The second kappa shape index (κ2) is 13.0. The summed E-state index contributed by atoms with van der Waals surface area (Å²) in [6.45, 7) is 1.83. The Kier molecular flexibility index (Phi) is 10.4. The number of benzene rings is 2. The first-order valence-corrected chi connectivity index (χ1v) is 10.2. The molecule has 180 valence electrons. The summed E-state index contributed by atoms with van der Waals surface area (Å²) in [5.41, 5.74) is 2.29. The summed E-state index contributed by atoms with van der Waals surface area (Å²) in [5, 5.41) is 9.08. The van der Waals surface area contributed by atoms with Gasteiger partial charge in [0.05, 0.1) is 6.54 Å². The number of carbonyl (C=O) groups is 1. The van der Waals surface area contributed by atoms with Gasteiger partial charge in [0.1, 0.15) is 5.75 Å². The topological polar surface area (TPSA) is 93.2 Å². The first kappa shape index (κ1) is 26.4. The lowest BCUT2D eigenvalue weighted by Crippen LogP contribution is -2.38. The number of carbonyl (C=O) groups excluding carboxylic acids is 1. The van der Waals surface area contributed by atoms with E-state index in [2.05, 4.69) is 25.7 Å². The Bertz CT molecular complexity index is 958. The summed E-state index contributed by atoms with van der Waals surface area (Å²) in [6, 6.07) is 10.6. The molecule has 0 saturated carbocycles. The molecule has 0 radical (unpaired) electrons. The predicted octanol–water partition coefficient (Wildman–Crippen LogP) is 3.89. The summed E-state index contributed by atoms with van der Waals surface area (Å²) in [4.78, 5) is 15.6. The zero-order valence-electron chi connectivity index (χ0n) is 18.3. The van der Waals surface area contributed by atoms with Gasteiger partial charge in [-0.3, -0.25) is 4.79 Å². The van der Waals surface area contributed by atoms with Crippen LogP contribution in [-0.2, 0) is 17.8 Å². The lowest BCUT2D eigenvalue weighted by molar-refractivity contribution is -0.114. The summed E-state index contributed by atoms with van der Waals surface area (Å²) in [7, 11) is 0. The van der Waals surface area contributed by atoms with Crippen LogP contribution in [0.1, 0.15) is 25.0 Å². The van der Waals surface area contributed by atoms with Crippen molar-refractivity contribution in [3.63, 3.8) is 0 Å². The van der Waals surface area contributed by atoms with E-state index in [0.29, 0.717) is 36.1 Å². The monoisotopic (exact) mass is 576 g/mol. The molecule has 0 aromatic heterocycles. The fourth-order valence-corrected chi connectivity index (χ4v) is 3.08. The molecule has 0 unspecified atom stereocenters. The van der Waals surface area contributed by atoms with Crippen LogP contribution in [0.4, 0.5) is 14.5 Å². The summed E-state index contributed by atoms with van der Waals surface area (Å²) >= 11 is 0. The van der Waals surface area contributed by atoms with Crippen LogP contribution in [0.3, 0.4) is 0 Å². The second-order valence-corrected chi connectivity index (χ2v) is 6.94. The van der Waals surface area contributed by atoms with Gasteiger partial charge in [0.2, 0.25) is 12.7 Å². The molecular formula is C22H27F2IN4O4. The van der Waals surface area contributed by atoms with Crippen LogP contribution >= 0.6 is 24.0 Å². The normalized spacial score (nSPS) is 12.2. The van der Waals surface area contributed by atoms with Crippen molar-refractivity contribution in [2.45, 2.75) is 33.4 Å². The number of amides is 1. The van der Waals surface area contributed by atoms with E-state index in [1.807, 2.05) is 31.2 Å². The zero-order chi connectivity index (χ0) is 22.9. The Morgan fingerprint density at radius 3 is 2.48 bits per heavy atom. The summed E-state index contributed by atoms with van der Waals surface area (Å²) in [5.74, 6) is 1.27. The maximum atomic E-state index is 12.8. The van der Waals surface area contributed by atoms with E-state index in [9.17, 15) is 13.6 Å². The molecule has 1 amide bonds. The average Bonchev–Trinajstić information content (AvgIpc) is 3.19. The Labute approximate surface area is 208 Å². The number of anilines is 1. The number of alkyl halides is 2. The highest BCUT2D eigenvalue weighted by Crippen LogP contribution is 2.39. The number of rotatable bonds is 9. The van der Waals surface area contributed by atoms with Crippen LogP contribution in [0.15, 0.2) is 41.4 Å². The molecule has 0 atom stereocenters.